The highest BCUT2D eigenvalue weighted by Crippen LogP contribution is 2.07. The van der Waals surface area contributed by atoms with Crippen molar-refractivity contribution in [1.29, 1.82) is 0 Å². The summed E-state index contributed by atoms with van der Waals surface area (Å²) in [6, 6.07) is 0. The van der Waals surface area contributed by atoms with Crippen molar-refractivity contribution < 1.29 is 4.79 Å². The van der Waals surface area contributed by atoms with E-state index < -0.39 is 11.3 Å². The van der Waals surface area contributed by atoms with Crippen molar-refractivity contribution in [3.05, 3.63) is 0 Å². The maximum absolute atomic E-state index is 10.2. The number of rotatable bonds is 2. The Labute approximate surface area is 54.0 Å². The molecule has 0 bridgehead atoms. The first-order valence-electron chi connectivity index (χ1n) is 2.49. The normalized spacial score (nSPS) is 14.0. The van der Waals surface area contributed by atoms with Crippen LogP contribution in [0, 0.1) is 5.92 Å². The number of carbonyl (C=O) groups is 1. The van der Waals surface area contributed by atoms with Gasteiger partial charge in [0.2, 0.25) is 5.91 Å². The van der Waals surface area contributed by atoms with Crippen LogP contribution in [0.4, 0.5) is 0 Å². The van der Waals surface area contributed by atoms with Crippen LogP contribution in [0.2, 0.25) is 0 Å². The van der Waals surface area contributed by atoms with Crippen LogP contribution in [0.15, 0.2) is 0 Å². The third kappa shape index (κ3) is 2.17. The van der Waals surface area contributed by atoms with Gasteiger partial charge in [0.15, 0.2) is 0 Å². The van der Waals surface area contributed by atoms with Crippen molar-refractivity contribution in [1.82, 2.24) is 0 Å². The Morgan fingerprint density at radius 2 is 2.00 bits per heavy atom. The summed E-state index contributed by atoms with van der Waals surface area (Å²) in [6.45, 7) is 3.70. The molecule has 2 nitrogen and oxygen atoms in total. The molecule has 0 aliphatic carbocycles. The SMILES string of the molecule is CC(C)C(Cl)C(N)=O. The maximum Gasteiger partial charge on any atom is 0.235 e. The first kappa shape index (κ1) is 7.76. The largest absolute Gasteiger partial charge is 0.368 e. The Morgan fingerprint density at radius 3 is 2.00 bits per heavy atom. The predicted molar refractivity (Wildman–Crippen MR) is 33.7 cm³/mol. The molecular weight excluding hydrogens is 126 g/mol. The van der Waals surface area contributed by atoms with Crippen LogP contribution >= 0.6 is 11.6 Å². The van der Waals surface area contributed by atoms with Gasteiger partial charge >= 0.3 is 0 Å². The minimum Gasteiger partial charge on any atom is -0.368 e. The summed E-state index contributed by atoms with van der Waals surface area (Å²) in [5.74, 6) is -0.309. The van der Waals surface area contributed by atoms with Gasteiger partial charge in [0, 0.05) is 0 Å². The van der Waals surface area contributed by atoms with Crippen LogP contribution in [0.3, 0.4) is 0 Å². The van der Waals surface area contributed by atoms with Crippen LogP contribution in [0.25, 0.3) is 0 Å². The molecule has 8 heavy (non-hydrogen) atoms. The molecular formula is C5H10ClNO. The average Bonchev–Trinajstić information content (AvgIpc) is 1.64. The van der Waals surface area contributed by atoms with E-state index >= 15 is 0 Å². The molecule has 48 valence electrons. The minimum atomic E-state index is -0.519. The third-order valence-electron chi connectivity index (χ3n) is 0.857. The molecule has 1 unspecified atom stereocenters. The molecule has 0 spiro atoms. The van der Waals surface area contributed by atoms with Gasteiger partial charge in [-0.3, -0.25) is 4.79 Å². The lowest BCUT2D eigenvalue weighted by atomic mass is 10.1. The van der Waals surface area contributed by atoms with E-state index in [2.05, 4.69) is 0 Å². The van der Waals surface area contributed by atoms with Gasteiger partial charge in [0.25, 0.3) is 0 Å². The molecule has 0 aliphatic rings. The van der Waals surface area contributed by atoms with Gasteiger partial charge in [-0.1, -0.05) is 13.8 Å². The monoisotopic (exact) mass is 135 g/mol. The fourth-order valence-corrected chi connectivity index (χ4v) is 0.329. The fraction of sp³-hybridized carbons (Fsp3) is 0.800. The molecule has 0 rings (SSSR count). The fourth-order valence-electron chi connectivity index (χ4n) is 0.329. The van der Waals surface area contributed by atoms with Crippen LogP contribution in [-0.2, 0) is 4.79 Å². The molecule has 0 saturated carbocycles. The van der Waals surface area contributed by atoms with Gasteiger partial charge in [-0.2, -0.15) is 0 Å². The van der Waals surface area contributed by atoms with E-state index in [0.29, 0.717) is 0 Å². The number of amides is 1. The standard InChI is InChI=1S/C5H10ClNO/c1-3(2)4(6)5(7)8/h3-4H,1-2H3,(H2,7,8). The lowest BCUT2D eigenvalue weighted by Gasteiger charge is -2.06. The van der Waals surface area contributed by atoms with Gasteiger partial charge < -0.3 is 5.73 Å². The molecule has 0 saturated heterocycles. The molecule has 3 heteroatoms. The van der Waals surface area contributed by atoms with E-state index in [1.54, 1.807) is 0 Å². The number of hydrogen-bond donors (Lipinski definition) is 1. The van der Waals surface area contributed by atoms with Crippen LogP contribution in [0.5, 0.6) is 0 Å². The molecule has 0 aromatic heterocycles. The van der Waals surface area contributed by atoms with Crippen molar-refractivity contribution in [3.63, 3.8) is 0 Å². The first-order chi connectivity index (χ1) is 3.55. The second-order valence-electron chi connectivity index (χ2n) is 2.05. The lowest BCUT2D eigenvalue weighted by molar-refractivity contribution is -0.118. The van der Waals surface area contributed by atoms with Gasteiger partial charge in [0.1, 0.15) is 5.38 Å². The summed E-state index contributed by atoms with van der Waals surface area (Å²) < 4.78 is 0. The van der Waals surface area contributed by atoms with Crippen LogP contribution < -0.4 is 5.73 Å². The van der Waals surface area contributed by atoms with Crippen LogP contribution in [0.1, 0.15) is 13.8 Å². The lowest BCUT2D eigenvalue weighted by Crippen LogP contribution is -2.27. The molecule has 0 aliphatic heterocycles. The van der Waals surface area contributed by atoms with E-state index in [4.69, 9.17) is 17.3 Å². The van der Waals surface area contributed by atoms with Crippen molar-refractivity contribution in [2.45, 2.75) is 19.2 Å². The van der Waals surface area contributed by atoms with Crippen molar-refractivity contribution in [3.8, 4) is 0 Å². The zero-order valence-corrected chi connectivity index (χ0v) is 5.77. The highest BCUT2D eigenvalue weighted by atomic mass is 35.5. The molecule has 0 aromatic carbocycles. The van der Waals surface area contributed by atoms with E-state index in [1.807, 2.05) is 13.8 Å². The van der Waals surface area contributed by atoms with Gasteiger partial charge in [-0.05, 0) is 5.92 Å². The molecule has 2 N–H and O–H groups in total. The van der Waals surface area contributed by atoms with Crippen LogP contribution in [-0.4, -0.2) is 11.3 Å². The second kappa shape index (κ2) is 2.92. The Morgan fingerprint density at radius 1 is 1.62 bits per heavy atom. The van der Waals surface area contributed by atoms with Crippen molar-refractivity contribution in [2.24, 2.45) is 11.7 Å². The van der Waals surface area contributed by atoms with E-state index in [9.17, 15) is 4.79 Å². The molecule has 0 fully saturated rings. The summed E-state index contributed by atoms with van der Waals surface area (Å²) in [7, 11) is 0. The predicted octanol–water partition coefficient (Wildman–Crippen LogP) is 0.735. The zero-order valence-electron chi connectivity index (χ0n) is 5.02. The average molecular weight is 136 g/mol. The quantitative estimate of drug-likeness (QED) is 0.558. The Hall–Kier alpha value is -0.240. The van der Waals surface area contributed by atoms with E-state index in [-0.39, 0.29) is 5.92 Å². The molecule has 1 amide bonds. The third-order valence-corrected chi connectivity index (χ3v) is 1.58. The number of alkyl halides is 1. The van der Waals surface area contributed by atoms with Gasteiger partial charge in [0.05, 0.1) is 0 Å². The number of primary amides is 1. The maximum atomic E-state index is 10.2. The molecule has 0 heterocycles. The highest BCUT2D eigenvalue weighted by Gasteiger charge is 2.14. The number of hydrogen-bond acceptors (Lipinski definition) is 1. The zero-order chi connectivity index (χ0) is 6.73. The summed E-state index contributed by atoms with van der Waals surface area (Å²) in [5, 5.41) is -0.519. The number of nitrogens with two attached hydrogens (primary N) is 1. The van der Waals surface area contributed by atoms with E-state index in [0.717, 1.165) is 0 Å². The smallest absolute Gasteiger partial charge is 0.235 e. The first-order valence-corrected chi connectivity index (χ1v) is 2.92. The Bertz CT molecular complexity index is 92.4. The Balaban J connectivity index is 3.64. The highest BCUT2D eigenvalue weighted by molar-refractivity contribution is 6.30. The van der Waals surface area contributed by atoms with Crippen molar-refractivity contribution in [2.75, 3.05) is 0 Å². The second-order valence-corrected chi connectivity index (χ2v) is 2.52. The molecule has 1 atom stereocenters. The number of carbonyl (C=O) groups excluding carboxylic acids is 1. The number of halogens is 1. The minimum absolute atomic E-state index is 0.133. The summed E-state index contributed by atoms with van der Waals surface area (Å²) >= 11 is 5.48. The summed E-state index contributed by atoms with van der Waals surface area (Å²) in [4.78, 5) is 10.2. The molecule has 0 aromatic rings. The Kier molecular flexibility index (Phi) is 2.84. The summed E-state index contributed by atoms with van der Waals surface area (Å²) in [5.41, 5.74) is 4.87. The van der Waals surface area contributed by atoms with Crippen molar-refractivity contribution >= 4 is 17.5 Å². The van der Waals surface area contributed by atoms with Gasteiger partial charge in [-0.25, -0.2) is 0 Å². The van der Waals surface area contributed by atoms with E-state index in [1.165, 1.54) is 0 Å². The van der Waals surface area contributed by atoms with Gasteiger partial charge in [-0.15, -0.1) is 11.6 Å². The topological polar surface area (TPSA) is 43.1 Å². The summed E-state index contributed by atoms with van der Waals surface area (Å²) in [6.07, 6.45) is 0. The molecule has 0 radical (unpaired) electrons.